The van der Waals surface area contributed by atoms with Crippen molar-refractivity contribution in [3.8, 4) is 0 Å². The maximum absolute atomic E-state index is 5.90. The molecule has 0 aliphatic carbocycles. The zero-order valence-electron chi connectivity index (χ0n) is 10.5. The molecule has 0 bridgehead atoms. The molecule has 14 heavy (non-hydrogen) atoms. The standard InChI is InChI=1S/C8H24O3Si3/c1-13(2,3)10-8(7-9-12)11-14(4,5)6/h8H,7H2,1-6,12H3. The van der Waals surface area contributed by atoms with Gasteiger partial charge in [0.2, 0.25) is 0 Å². The minimum absolute atomic E-state index is 0.147. The summed E-state index contributed by atoms with van der Waals surface area (Å²) < 4.78 is 17.0. The lowest BCUT2D eigenvalue weighted by atomic mass is 10.7. The number of rotatable bonds is 6. The zero-order valence-corrected chi connectivity index (χ0v) is 14.5. The Morgan fingerprint density at radius 3 is 1.50 bits per heavy atom. The molecule has 6 heteroatoms. The highest BCUT2D eigenvalue weighted by molar-refractivity contribution is 6.70. The van der Waals surface area contributed by atoms with Crippen molar-refractivity contribution in [3.63, 3.8) is 0 Å². The van der Waals surface area contributed by atoms with Crippen LogP contribution in [0.3, 0.4) is 0 Å². The molecule has 0 aliphatic rings. The van der Waals surface area contributed by atoms with Crippen molar-refractivity contribution in [1.82, 2.24) is 0 Å². The van der Waals surface area contributed by atoms with Gasteiger partial charge in [-0.25, -0.2) is 0 Å². The van der Waals surface area contributed by atoms with Crippen molar-refractivity contribution < 1.29 is 13.3 Å². The minimum Gasteiger partial charge on any atom is -0.423 e. The molecule has 0 rings (SSSR count). The summed E-state index contributed by atoms with van der Waals surface area (Å²) in [6, 6.07) is 0. The molecule has 0 saturated heterocycles. The van der Waals surface area contributed by atoms with Gasteiger partial charge in [-0.05, 0) is 39.3 Å². The van der Waals surface area contributed by atoms with Crippen molar-refractivity contribution in [3.05, 3.63) is 0 Å². The summed E-state index contributed by atoms with van der Waals surface area (Å²) in [5, 5.41) is 0. The average Bonchev–Trinajstić information content (AvgIpc) is 1.78. The van der Waals surface area contributed by atoms with Gasteiger partial charge in [-0.3, -0.25) is 0 Å². The van der Waals surface area contributed by atoms with Crippen LogP contribution in [0.1, 0.15) is 0 Å². The van der Waals surface area contributed by atoms with Gasteiger partial charge >= 0.3 is 0 Å². The molecule has 0 aliphatic heterocycles. The molecular weight excluding hydrogens is 228 g/mol. The first kappa shape index (κ1) is 14.5. The van der Waals surface area contributed by atoms with E-state index in [1.807, 2.05) is 0 Å². The van der Waals surface area contributed by atoms with E-state index in [0.29, 0.717) is 6.61 Å². The van der Waals surface area contributed by atoms with Crippen molar-refractivity contribution in [2.45, 2.75) is 45.6 Å². The maximum Gasteiger partial charge on any atom is 0.187 e. The topological polar surface area (TPSA) is 27.7 Å². The first-order valence-corrected chi connectivity index (χ1v) is 12.6. The van der Waals surface area contributed by atoms with E-state index in [9.17, 15) is 0 Å². The smallest absolute Gasteiger partial charge is 0.187 e. The lowest BCUT2D eigenvalue weighted by Gasteiger charge is -2.31. The van der Waals surface area contributed by atoms with Crippen LogP contribution in [0.2, 0.25) is 39.3 Å². The Bertz CT molecular complexity index is 146. The molecule has 0 heterocycles. The third kappa shape index (κ3) is 9.10. The van der Waals surface area contributed by atoms with Gasteiger partial charge < -0.3 is 13.3 Å². The van der Waals surface area contributed by atoms with Crippen LogP contribution < -0.4 is 0 Å². The molecule has 0 aromatic carbocycles. The lowest BCUT2D eigenvalue weighted by Crippen LogP contribution is -2.42. The fourth-order valence-corrected chi connectivity index (χ4v) is 3.19. The SMILES string of the molecule is C[Si](C)(C)OC(CO[SiH3])O[Si](C)(C)C. The van der Waals surface area contributed by atoms with E-state index in [2.05, 4.69) is 39.3 Å². The Morgan fingerprint density at radius 2 is 1.29 bits per heavy atom. The van der Waals surface area contributed by atoms with E-state index in [4.69, 9.17) is 13.3 Å². The van der Waals surface area contributed by atoms with Crippen molar-refractivity contribution >= 4 is 27.1 Å². The van der Waals surface area contributed by atoms with E-state index in [-0.39, 0.29) is 6.29 Å². The number of hydrogen-bond acceptors (Lipinski definition) is 3. The van der Waals surface area contributed by atoms with E-state index in [1.165, 1.54) is 0 Å². The third-order valence-electron chi connectivity index (χ3n) is 1.27. The summed E-state index contributed by atoms with van der Waals surface area (Å²) >= 11 is 0. The molecule has 0 amide bonds. The Balaban J connectivity index is 4.16. The molecular formula is C8H24O3Si3. The van der Waals surface area contributed by atoms with Crippen LogP contribution in [0, 0.1) is 0 Å². The molecule has 0 N–H and O–H groups in total. The van der Waals surface area contributed by atoms with Gasteiger partial charge in [0.1, 0.15) is 10.5 Å². The van der Waals surface area contributed by atoms with Crippen LogP contribution in [0.15, 0.2) is 0 Å². The summed E-state index contributed by atoms with van der Waals surface area (Å²) in [7, 11) is -2.31. The third-order valence-corrected chi connectivity index (χ3v) is 3.55. The molecule has 0 aromatic heterocycles. The first-order valence-electron chi connectivity index (χ1n) is 4.98. The molecule has 0 atom stereocenters. The van der Waals surface area contributed by atoms with Crippen molar-refractivity contribution in [2.24, 2.45) is 0 Å². The predicted octanol–water partition coefficient (Wildman–Crippen LogP) is 1.31. The monoisotopic (exact) mass is 252 g/mol. The highest BCUT2D eigenvalue weighted by atomic mass is 28.4. The van der Waals surface area contributed by atoms with Crippen LogP contribution in [-0.2, 0) is 13.3 Å². The second-order valence-corrected chi connectivity index (χ2v) is 14.8. The summed E-state index contributed by atoms with van der Waals surface area (Å²) in [5.41, 5.74) is 0. The molecule has 0 radical (unpaired) electrons. The molecule has 0 fully saturated rings. The van der Waals surface area contributed by atoms with Gasteiger partial charge in [0.15, 0.2) is 22.9 Å². The summed E-state index contributed by atoms with van der Waals surface area (Å²) in [6.45, 7) is 13.6. The number of hydrogen-bond donors (Lipinski definition) is 0. The van der Waals surface area contributed by atoms with Crippen molar-refractivity contribution in [2.75, 3.05) is 6.61 Å². The normalized spacial score (nSPS) is 13.9. The molecule has 0 aromatic rings. The molecule has 3 nitrogen and oxygen atoms in total. The quantitative estimate of drug-likeness (QED) is 0.527. The minimum atomic E-state index is -1.52. The van der Waals surface area contributed by atoms with Crippen LogP contribution >= 0.6 is 0 Å². The Kier molecular flexibility index (Phi) is 5.78. The fraction of sp³-hybridized carbons (Fsp3) is 1.00. The van der Waals surface area contributed by atoms with Crippen LogP contribution in [0.4, 0.5) is 0 Å². The average molecular weight is 253 g/mol. The summed E-state index contributed by atoms with van der Waals surface area (Å²) in [5.74, 6) is 0. The maximum atomic E-state index is 5.90. The lowest BCUT2D eigenvalue weighted by molar-refractivity contribution is -0.0378. The zero-order chi connectivity index (χ0) is 11.4. The fourth-order valence-electron chi connectivity index (χ4n) is 1.02. The van der Waals surface area contributed by atoms with Crippen molar-refractivity contribution in [1.29, 1.82) is 0 Å². The van der Waals surface area contributed by atoms with Gasteiger partial charge in [-0.15, -0.1) is 0 Å². The second kappa shape index (κ2) is 5.57. The van der Waals surface area contributed by atoms with Gasteiger partial charge in [-0.2, -0.15) is 0 Å². The van der Waals surface area contributed by atoms with E-state index in [0.717, 1.165) is 10.5 Å². The van der Waals surface area contributed by atoms with Gasteiger partial charge in [0.25, 0.3) is 0 Å². The van der Waals surface area contributed by atoms with Crippen LogP contribution in [0.5, 0.6) is 0 Å². The summed E-state index contributed by atoms with van der Waals surface area (Å²) in [6.07, 6.45) is -0.147. The highest BCUT2D eigenvalue weighted by Crippen LogP contribution is 2.14. The Labute approximate surface area is 92.9 Å². The highest BCUT2D eigenvalue weighted by Gasteiger charge is 2.26. The summed E-state index contributed by atoms with van der Waals surface area (Å²) in [4.78, 5) is 0. The largest absolute Gasteiger partial charge is 0.423 e. The molecule has 0 saturated carbocycles. The molecule has 0 unspecified atom stereocenters. The van der Waals surface area contributed by atoms with Gasteiger partial charge in [0, 0.05) is 0 Å². The van der Waals surface area contributed by atoms with E-state index >= 15 is 0 Å². The van der Waals surface area contributed by atoms with Gasteiger partial charge in [-0.1, -0.05) is 0 Å². The Morgan fingerprint density at radius 1 is 0.929 bits per heavy atom. The predicted molar refractivity (Wildman–Crippen MR) is 68.5 cm³/mol. The second-order valence-electron chi connectivity index (χ2n) is 5.35. The van der Waals surface area contributed by atoms with Crippen LogP contribution in [0.25, 0.3) is 0 Å². The first-order chi connectivity index (χ1) is 6.14. The Hall–Kier alpha value is 0.531. The molecule has 86 valence electrons. The molecule has 0 spiro atoms. The van der Waals surface area contributed by atoms with Gasteiger partial charge in [0.05, 0.1) is 6.61 Å². The van der Waals surface area contributed by atoms with E-state index < -0.39 is 16.6 Å². The van der Waals surface area contributed by atoms with E-state index in [1.54, 1.807) is 0 Å². The van der Waals surface area contributed by atoms with Crippen LogP contribution in [-0.4, -0.2) is 40.0 Å².